The molecule has 6 nitrogen and oxygen atoms in total. The Kier molecular flexibility index (Phi) is 5.57. The molecule has 20 heavy (non-hydrogen) atoms. The molecule has 0 atom stereocenters. The molecule has 0 aliphatic carbocycles. The Morgan fingerprint density at radius 1 is 1.15 bits per heavy atom. The average molecular weight is 305 g/mol. The summed E-state index contributed by atoms with van der Waals surface area (Å²) in [5, 5.41) is 0. The number of hydrogen-bond donors (Lipinski definition) is 0. The minimum atomic E-state index is -3.40. The smallest absolute Gasteiger partial charge is 0.238 e. The fourth-order valence-corrected chi connectivity index (χ4v) is 3.73. The van der Waals surface area contributed by atoms with Gasteiger partial charge in [-0.1, -0.05) is 6.92 Å². The van der Waals surface area contributed by atoms with Gasteiger partial charge in [-0.3, -0.25) is 4.79 Å². The molecule has 0 aromatic rings. The summed E-state index contributed by atoms with van der Waals surface area (Å²) in [5.74, 6) is -0.110. The molecular weight excluding hydrogens is 278 g/mol. The van der Waals surface area contributed by atoms with Crippen molar-refractivity contribution in [2.24, 2.45) is 0 Å². The van der Waals surface area contributed by atoms with E-state index >= 15 is 0 Å². The van der Waals surface area contributed by atoms with Crippen LogP contribution in [0.2, 0.25) is 0 Å². The number of rotatable bonds is 4. The molecule has 0 N–H and O–H groups in total. The summed E-state index contributed by atoms with van der Waals surface area (Å²) in [6, 6.07) is 0. The normalized spacial score (nSPS) is 18.6. The lowest BCUT2D eigenvalue weighted by Gasteiger charge is -2.37. The number of carbonyl (C=O) groups is 1. The minimum Gasteiger partial charge on any atom is -0.339 e. The lowest BCUT2D eigenvalue weighted by atomic mass is 10.1. The van der Waals surface area contributed by atoms with Gasteiger partial charge in [-0.25, -0.2) is 8.42 Å². The van der Waals surface area contributed by atoms with Gasteiger partial charge in [0.15, 0.2) is 0 Å². The van der Waals surface area contributed by atoms with Crippen molar-refractivity contribution in [3.63, 3.8) is 0 Å². The molecule has 1 amide bonds. The summed E-state index contributed by atoms with van der Waals surface area (Å²) in [6.07, 6.45) is 1.15. The Bertz CT molecular complexity index is 434. The highest BCUT2D eigenvalue weighted by Gasteiger charge is 2.33. The molecule has 0 aromatic heterocycles. The van der Waals surface area contributed by atoms with E-state index in [1.807, 2.05) is 0 Å². The molecule has 0 unspecified atom stereocenters. The number of likely N-dealkylation sites (N-methyl/N-ethyl adjacent to an activating group) is 1. The van der Waals surface area contributed by atoms with Gasteiger partial charge < -0.3 is 9.80 Å². The van der Waals surface area contributed by atoms with Crippen molar-refractivity contribution in [3.05, 3.63) is 0 Å². The van der Waals surface area contributed by atoms with Gasteiger partial charge in [0, 0.05) is 31.7 Å². The summed E-state index contributed by atoms with van der Waals surface area (Å²) in [6.45, 7) is 11.5. The van der Waals surface area contributed by atoms with Gasteiger partial charge in [-0.05, 0) is 27.3 Å². The molecular formula is C13H27N3O3S. The fourth-order valence-electron chi connectivity index (χ4n) is 2.39. The molecule has 0 spiro atoms. The largest absolute Gasteiger partial charge is 0.339 e. The number of nitrogens with zero attached hydrogens (tertiary/aromatic N) is 3. The molecule has 1 rings (SSSR count). The SMILES string of the molecule is CCN1CCN(C(=O)CN(C(C)(C)C)S(C)(=O)=O)CC1. The third kappa shape index (κ3) is 4.71. The molecule has 1 fully saturated rings. The second-order valence-electron chi connectivity index (χ2n) is 6.26. The maximum Gasteiger partial charge on any atom is 0.238 e. The van der Waals surface area contributed by atoms with Gasteiger partial charge >= 0.3 is 0 Å². The number of amides is 1. The van der Waals surface area contributed by atoms with Crippen LogP contribution in [0.25, 0.3) is 0 Å². The van der Waals surface area contributed by atoms with Crippen molar-refractivity contribution in [2.45, 2.75) is 33.2 Å². The van der Waals surface area contributed by atoms with Gasteiger partial charge in [0.25, 0.3) is 0 Å². The highest BCUT2D eigenvalue weighted by atomic mass is 32.2. The Labute approximate surface area is 122 Å². The van der Waals surface area contributed by atoms with Gasteiger partial charge in [-0.15, -0.1) is 0 Å². The highest BCUT2D eigenvalue weighted by molar-refractivity contribution is 7.88. The topological polar surface area (TPSA) is 60.9 Å². The molecule has 0 aromatic carbocycles. The van der Waals surface area contributed by atoms with E-state index in [0.717, 1.165) is 25.9 Å². The standard InChI is InChI=1S/C13H27N3O3S/c1-6-14-7-9-15(10-8-14)12(17)11-16(13(2,3)4)20(5,18)19/h6-11H2,1-5H3. The van der Waals surface area contributed by atoms with Crippen LogP contribution in [-0.2, 0) is 14.8 Å². The maximum atomic E-state index is 12.3. The van der Waals surface area contributed by atoms with Gasteiger partial charge in [0.2, 0.25) is 15.9 Å². The minimum absolute atomic E-state index is 0.0749. The Morgan fingerprint density at radius 3 is 2.00 bits per heavy atom. The van der Waals surface area contributed by atoms with E-state index in [1.165, 1.54) is 4.31 Å². The van der Waals surface area contributed by atoms with Crippen molar-refractivity contribution in [1.82, 2.24) is 14.1 Å². The fraction of sp³-hybridized carbons (Fsp3) is 0.923. The second-order valence-corrected chi connectivity index (χ2v) is 8.16. The van der Waals surface area contributed by atoms with E-state index in [0.29, 0.717) is 13.1 Å². The monoisotopic (exact) mass is 305 g/mol. The molecule has 118 valence electrons. The quantitative estimate of drug-likeness (QED) is 0.745. The Balaban J connectivity index is 2.69. The van der Waals surface area contributed by atoms with Crippen molar-refractivity contribution in [1.29, 1.82) is 0 Å². The van der Waals surface area contributed by atoms with Crippen molar-refractivity contribution in [2.75, 3.05) is 45.5 Å². The van der Waals surface area contributed by atoms with Crippen LogP contribution < -0.4 is 0 Å². The molecule has 0 bridgehead atoms. The average Bonchev–Trinajstić information content (AvgIpc) is 2.33. The summed E-state index contributed by atoms with van der Waals surface area (Å²) >= 11 is 0. The van der Waals surface area contributed by atoms with Crippen LogP contribution in [-0.4, -0.2) is 79.5 Å². The maximum absolute atomic E-state index is 12.3. The van der Waals surface area contributed by atoms with Crippen molar-refractivity contribution < 1.29 is 13.2 Å². The predicted octanol–water partition coefficient (Wildman–Crippen LogP) is 0.211. The highest BCUT2D eigenvalue weighted by Crippen LogP contribution is 2.17. The van der Waals surface area contributed by atoms with Crippen molar-refractivity contribution in [3.8, 4) is 0 Å². The zero-order chi connectivity index (χ0) is 15.6. The lowest BCUT2D eigenvalue weighted by Crippen LogP contribution is -2.54. The Morgan fingerprint density at radius 2 is 1.65 bits per heavy atom. The van der Waals surface area contributed by atoms with E-state index in [4.69, 9.17) is 0 Å². The van der Waals surface area contributed by atoms with Crippen LogP contribution in [0.3, 0.4) is 0 Å². The van der Waals surface area contributed by atoms with Crippen LogP contribution in [0.1, 0.15) is 27.7 Å². The number of carbonyl (C=O) groups excluding carboxylic acids is 1. The number of hydrogen-bond acceptors (Lipinski definition) is 4. The van der Waals surface area contributed by atoms with Crippen LogP contribution in [0, 0.1) is 0 Å². The van der Waals surface area contributed by atoms with Gasteiger partial charge in [0.1, 0.15) is 0 Å². The van der Waals surface area contributed by atoms with E-state index in [1.54, 1.807) is 25.7 Å². The summed E-state index contributed by atoms with van der Waals surface area (Å²) < 4.78 is 25.0. The molecule has 0 radical (unpaired) electrons. The third-order valence-electron chi connectivity index (χ3n) is 3.60. The molecule has 0 saturated carbocycles. The first-order valence-corrected chi connectivity index (χ1v) is 8.88. The van der Waals surface area contributed by atoms with Crippen LogP contribution >= 0.6 is 0 Å². The lowest BCUT2D eigenvalue weighted by molar-refractivity contribution is -0.133. The second kappa shape index (κ2) is 6.41. The molecule has 1 aliphatic heterocycles. The molecule has 1 aliphatic rings. The predicted molar refractivity (Wildman–Crippen MR) is 80.0 cm³/mol. The van der Waals surface area contributed by atoms with E-state index in [-0.39, 0.29) is 12.5 Å². The van der Waals surface area contributed by atoms with E-state index in [2.05, 4.69) is 11.8 Å². The number of sulfonamides is 1. The van der Waals surface area contributed by atoms with Crippen LogP contribution in [0.5, 0.6) is 0 Å². The zero-order valence-electron chi connectivity index (χ0n) is 13.2. The zero-order valence-corrected chi connectivity index (χ0v) is 14.0. The Hall–Kier alpha value is -0.660. The molecule has 1 heterocycles. The first kappa shape index (κ1) is 17.4. The summed E-state index contributed by atoms with van der Waals surface area (Å²) in [4.78, 5) is 16.3. The summed E-state index contributed by atoms with van der Waals surface area (Å²) in [7, 11) is -3.40. The number of piperazine rings is 1. The summed E-state index contributed by atoms with van der Waals surface area (Å²) in [5.41, 5.74) is -0.589. The first-order valence-electron chi connectivity index (χ1n) is 7.03. The third-order valence-corrected chi connectivity index (χ3v) is 5.08. The first-order chi connectivity index (χ1) is 9.05. The van der Waals surface area contributed by atoms with Gasteiger partial charge in [-0.2, -0.15) is 4.31 Å². The molecule has 7 heteroatoms. The van der Waals surface area contributed by atoms with Gasteiger partial charge in [0.05, 0.1) is 12.8 Å². The van der Waals surface area contributed by atoms with E-state index in [9.17, 15) is 13.2 Å². The van der Waals surface area contributed by atoms with Crippen LogP contribution in [0.4, 0.5) is 0 Å². The van der Waals surface area contributed by atoms with Crippen molar-refractivity contribution >= 4 is 15.9 Å². The van der Waals surface area contributed by atoms with Crippen LogP contribution in [0.15, 0.2) is 0 Å². The molecule has 1 saturated heterocycles. The van der Waals surface area contributed by atoms with E-state index < -0.39 is 15.6 Å².